The Morgan fingerprint density at radius 3 is 2.40 bits per heavy atom. The summed E-state index contributed by atoms with van der Waals surface area (Å²) in [6, 6.07) is 10.2. The van der Waals surface area contributed by atoms with Crippen molar-refractivity contribution in [2.45, 2.75) is 13.8 Å². The molecule has 0 aliphatic carbocycles. The van der Waals surface area contributed by atoms with Gasteiger partial charge < -0.3 is 4.90 Å². The molecule has 104 valence electrons. The summed E-state index contributed by atoms with van der Waals surface area (Å²) >= 11 is 0. The van der Waals surface area contributed by atoms with Gasteiger partial charge >= 0.3 is 0 Å². The lowest BCUT2D eigenvalue weighted by Crippen LogP contribution is -2.31. The number of carbonyl (C=O) groups is 1. The summed E-state index contributed by atoms with van der Waals surface area (Å²) in [6.07, 6.45) is 0. The first-order valence-electron chi connectivity index (χ1n) is 6.37. The molecule has 0 saturated heterocycles. The summed E-state index contributed by atoms with van der Waals surface area (Å²) in [5, 5.41) is 0. The van der Waals surface area contributed by atoms with E-state index in [1.165, 1.54) is 29.2 Å². The van der Waals surface area contributed by atoms with Crippen LogP contribution in [0.5, 0.6) is 0 Å². The van der Waals surface area contributed by atoms with Gasteiger partial charge in [0.05, 0.1) is 5.69 Å². The number of nitrogens with zero attached hydrogens (tertiary/aromatic N) is 1. The number of aryl methyl sites for hydroxylation is 1. The van der Waals surface area contributed by atoms with Gasteiger partial charge in [0.25, 0.3) is 5.91 Å². The third kappa shape index (κ3) is 2.69. The van der Waals surface area contributed by atoms with Crippen LogP contribution in [-0.2, 0) is 0 Å². The van der Waals surface area contributed by atoms with Crippen LogP contribution in [-0.4, -0.2) is 12.5 Å². The summed E-state index contributed by atoms with van der Waals surface area (Å²) in [5.41, 5.74) is 0.955. The highest BCUT2D eigenvalue weighted by Crippen LogP contribution is 2.21. The molecule has 0 saturated carbocycles. The molecule has 0 bridgehead atoms. The van der Waals surface area contributed by atoms with E-state index in [-0.39, 0.29) is 17.4 Å². The first-order chi connectivity index (χ1) is 9.54. The topological polar surface area (TPSA) is 20.3 Å². The molecule has 1 amide bonds. The van der Waals surface area contributed by atoms with Crippen LogP contribution < -0.4 is 4.90 Å². The van der Waals surface area contributed by atoms with Gasteiger partial charge in [-0.05, 0) is 49.7 Å². The predicted molar refractivity (Wildman–Crippen MR) is 74.9 cm³/mol. The molecule has 0 unspecified atom stereocenters. The molecule has 0 atom stereocenters. The van der Waals surface area contributed by atoms with Gasteiger partial charge in [0, 0.05) is 12.1 Å². The average molecular weight is 275 g/mol. The van der Waals surface area contributed by atoms with E-state index in [1.54, 1.807) is 32.0 Å². The second-order valence-corrected chi connectivity index (χ2v) is 4.46. The molecule has 0 radical (unpaired) electrons. The number of hydrogen-bond donors (Lipinski definition) is 0. The number of benzene rings is 2. The molecule has 0 aliphatic rings. The van der Waals surface area contributed by atoms with Crippen LogP contribution in [0.3, 0.4) is 0 Å². The Morgan fingerprint density at radius 2 is 1.80 bits per heavy atom. The smallest absolute Gasteiger partial charge is 0.258 e. The number of rotatable bonds is 3. The summed E-state index contributed by atoms with van der Waals surface area (Å²) < 4.78 is 27.0. The molecule has 4 heteroatoms. The molecule has 2 aromatic rings. The number of hydrogen-bond acceptors (Lipinski definition) is 1. The Hall–Kier alpha value is -2.23. The lowest BCUT2D eigenvalue weighted by molar-refractivity contribution is 0.0987. The number of anilines is 1. The summed E-state index contributed by atoms with van der Waals surface area (Å²) in [5.74, 6) is -1.17. The Bertz CT molecular complexity index is 640. The first kappa shape index (κ1) is 14.2. The normalized spacial score (nSPS) is 10.4. The van der Waals surface area contributed by atoms with E-state index >= 15 is 0 Å². The zero-order chi connectivity index (χ0) is 14.7. The van der Waals surface area contributed by atoms with Crippen molar-refractivity contribution in [2.24, 2.45) is 0 Å². The molecule has 0 fully saturated rings. The number of carbonyl (C=O) groups excluding carboxylic acids is 1. The molecular weight excluding hydrogens is 260 g/mol. The van der Waals surface area contributed by atoms with Crippen LogP contribution in [0.2, 0.25) is 0 Å². The molecule has 20 heavy (non-hydrogen) atoms. The molecule has 0 heterocycles. The Morgan fingerprint density at radius 1 is 1.10 bits per heavy atom. The lowest BCUT2D eigenvalue weighted by Gasteiger charge is -2.21. The van der Waals surface area contributed by atoms with Gasteiger partial charge in [0.1, 0.15) is 11.6 Å². The summed E-state index contributed by atoms with van der Waals surface area (Å²) in [7, 11) is 0. The molecule has 2 nitrogen and oxygen atoms in total. The number of amides is 1. The van der Waals surface area contributed by atoms with Crippen LogP contribution in [0, 0.1) is 18.6 Å². The van der Waals surface area contributed by atoms with E-state index in [9.17, 15) is 13.6 Å². The maximum Gasteiger partial charge on any atom is 0.258 e. The van der Waals surface area contributed by atoms with Gasteiger partial charge in [-0.3, -0.25) is 4.79 Å². The largest absolute Gasteiger partial charge is 0.306 e. The van der Waals surface area contributed by atoms with E-state index < -0.39 is 5.82 Å². The van der Waals surface area contributed by atoms with Crippen LogP contribution in [0.15, 0.2) is 42.5 Å². The molecule has 0 aliphatic heterocycles. The van der Waals surface area contributed by atoms with Gasteiger partial charge in [-0.25, -0.2) is 8.78 Å². The minimum absolute atomic E-state index is 0.224. The molecule has 2 rings (SSSR count). The monoisotopic (exact) mass is 275 g/mol. The van der Waals surface area contributed by atoms with E-state index in [1.807, 2.05) is 0 Å². The quantitative estimate of drug-likeness (QED) is 0.830. The highest BCUT2D eigenvalue weighted by molar-refractivity contribution is 6.06. The standard InChI is InChI=1S/C16H15F2NO/c1-3-19(15-7-5-4-6-14(15)18)16(20)12-8-9-13(17)11(2)10-12/h4-10H,3H2,1-2H3. The van der Waals surface area contributed by atoms with Crippen molar-refractivity contribution in [2.75, 3.05) is 11.4 Å². The van der Waals surface area contributed by atoms with E-state index in [2.05, 4.69) is 0 Å². The van der Waals surface area contributed by atoms with Gasteiger partial charge in [-0.1, -0.05) is 12.1 Å². The van der Waals surface area contributed by atoms with Crippen LogP contribution in [0.1, 0.15) is 22.8 Å². The van der Waals surface area contributed by atoms with Crippen molar-refractivity contribution in [3.63, 3.8) is 0 Å². The Balaban J connectivity index is 2.39. The van der Waals surface area contributed by atoms with Crippen molar-refractivity contribution in [3.8, 4) is 0 Å². The van der Waals surface area contributed by atoms with Crippen molar-refractivity contribution in [3.05, 3.63) is 65.2 Å². The fraction of sp³-hybridized carbons (Fsp3) is 0.188. The Labute approximate surface area is 116 Å². The highest BCUT2D eigenvalue weighted by atomic mass is 19.1. The zero-order valence-electron chi connectivity index (χ0n) is 11.4. The fourth-order valence-electron chi connectivity index (χ4n) is 2.03. The Kier molecular flexibility index (Phi) is 4.13. The summed E-state index contributed by atoms with van der Waals surface area (Å²) in [4.78, 5) is 13.8. The van der Waals surface area contributed by atoms with Crippen LogP contribution in [0.4, 0.5) is 14.5 Å². The van der Waals surface area contributed by atoms with Crippen LogP contribution >= 0.6 is 0 Å². The van der Waals surface area contributed by atoms with Crippen molar-refractivity contribution in [1.29, 1.82) is 0 Å². The minimum atomic E-state index is -0.457. The third-order valence-electron chi connectivity index (χ3n) is 3.11. The molecule has 2 aromatic carbocycles. The van der Waals surface area contributed by atoms with Crippen molar-refractivity contribution < 1.29 is 13.6 Å². The maximum atomic E-state index is 13.8. The van der Waals surface area contributed by atoms with E-state index in [0.717, 1.165) is 0 Å². The molecule has 0 aromatic heterocycles. The van der Waals surface area contributed by atoms with Crippen molar-refractivity contribution >= 4 is 11.6 Å². The summed E-state index contributed by atoms with van der Waals surface area (Å²) in [6.45, 7) is 3.68. The maximum absolute atomic E-state index is 13.8. The number of para-hydroxylation sites is 1. The number of halogens is 2. The van der Waals surface area contributed by atoms with Gasteiger partial charge in [-0.2, -0.15) is 0 Å². The predicted octanol–water partition coefficient (Wildman–Crippen LogP) is 3.94. The van der Waals surface area contributed by atoms with E-state index in [4.69, 9.17) is 0 Å². The molecule has 0 spiro atoms. The lowest BCUT2D eigenvalue weighted by atomic mass is 10.1. The second-order valence-electron chi connectivity index (χ2n) is 4.46. The average Bonchev–Trinajstić information content (AvgIpc) is 2.44. The second kappa shape index (κ2) is 5.82. The SMILES string of the molecule is CCN(C(=O)c1ccc(F)c(C)c1)c1ccccc1F. The fourth-order valence-corrected chi connectivity index (χ4v) is 2.03. The minimum Gasteiger partial charge on any atom is -0.306 e. The van der Waals surface area contributed by atoms with Gasteiger partial charge in [0.15, 0.2) is 0 Å². The zero-order valence-corrected chi connectivity index (χ0v) is 11.4. The molecular formula is C16H15F2NO. The van der Waals surface area contributed by atoms with E-state index in [0.29, 0.717) is 17.7 Å². The van der Waals surface area contributed by atoms with Crippen LogP contribution in [0.25, 0.3) is 0 Å². The van der Waals surface area contributed by atoms with Gasteiger partial charge in [0.2, 0.25) is 0 Å². The molecule has 0 N–H and O–H groups in total. The third-order valence-corrected chi connectivity index (χ3v) is 3.11. The first-order valence-corrected chi connectivity index (χ1v) is 6.37. The highest BCUT2D eigenvalue weighted by Gasteiger charge is 2.19. The van der Waals surface area contributed by atoms with Crippen molar-refractivity contribution in [1.82, 2.24) is 0 Å². The van der Waals surface area contributed by atoms with Gasteiger partial charge in [-0.15, -0.1) is 0 Å².